The molecule has 1 aliphatic heterocycles. The van der Waals surface area contributed by atoms with Gasteiger partial charge in [-0.05, 0) is 42.8 Å². The smallest absolute Gasteiger partial charge is 0.273 e. The summed E-state index contributed by atoms with van der Waals surface area (Å²) < 4.78 is 21.5. The van der Waals surface area contributed by atoms with Gasteiger partial charge in [-0.1, -0.05) is 12.1 Å². The molecule has 3 heterocycles. The number of ether oxygens (including phenoxy) is 1. The summed E-state index contributed by atoms with van der Waals surface area (Å²) in [7, 11) is 0. The summed E-state index contributed by atoms with van der Waals surface area (Å²) in [5.41, 5.74) is 2.69. The van der Waals surface area contributed by atoms with E-state index < -0.39 is 11.4 Å². The van der Waals surface area contributed by atoms with Gasteiger partial charge < -0.3 is 15.4 Å². The Kier molecular flexibility index (Phi) is 5.42. The van der Waals surface area contributed by atoms with Crippen LogP contribution in [-0.4, -0.2) is 52.3 Å². The Morgan fingerprint density at radius 2 is 2.03 bits per heavy atom. The quantitative estimate of drug-likeness (QED) is 0.446. The highest BCUT2D eigenvalue weighted by molar-refractivity contribution is 5.89. The topological polar surface area (TPSA) is 96.9 Å². The van der Waals surface area contributed by atoms with Crippen LogP contribution in [-0.2, 0) is 0 Å². The highest BCUT2D eigenvalue weighted by Crippen LogP contribution is 2.26. The molecular weight excluding hydrogens is 411 g/mol. The highest BCUT2D eigenvalue weighted by atomic mass is 19.1. The summed E-state index contributed by atoms with van der Waals surface area (Å²) in [5, 5.41) is 18.4. The van der Waals surface area contributed by atoms with E-state index >= 15 is 0 Å². The normalized spacial score (nSPS) is 16.4. The molecule has 1 unspecified atom stereocenters. The zero-order valence-electron chi connectivity index (χ0n) is 17.6. The zero-order valence-corrected chi connectivity index (χ0v) is 17.6. The van der Waals surface area contributed by atoms with Crippen LogP contribution in [0.2, 0.25) is 0 Å². The van der Waals surface area contributed by atoms with Gasteiger partial charge in [0.25, 0.3) is 5.56 Å². The summed E-state index contributed by atoms with van der Waals surface area (Å²) in [6, 6.07) is 13.9. The fourth-order valence-corrected chi connectivity index (χ4v) is 3.88. The van der Waals surface area contributed by atoms with Crippen LogP contribution in [0.3, 0.4) is 0 Å². The second kappa shape index (κ2) is 8.52. The molecule has 8 nitrogen and oxygen atoms in total. The Balaban J connectivity index is 1.45. The molecule has 1 atom stereocenters. The number of nitrogens with zero attached hydrogens (tertiary/aromatic N) is 3. The van der Waals surface area contributed by atoms with Crippen LogP contribution in [0, 0.1) is 12.7 Å². The highest BCUT2D eigenvalue weighted by Gasteiger charge is 2.17. The fourth-order valence-electron chi connectivity index (χ4n) is 3.88. The van der Waals surface area contributed by atoms with Crippen molar-refractivity contribution in [2.45, 2.75) is 13.0 Å². The number of piperazine rings is 1. The number of aromatic nitrogens is 4. The minimum absolute atomic E-state index is 0.140. The lowest BCUT2D eigenvalue weighted by atomic mass is 10.1. The van der Waals surface area contributed by atoms with Gasteiger partial charge in [0.1, 0.15) is 35.1 Å². The largest absolute Gasteiger partial charge is 0.492 e. The maximum Gasteiger partial charge on any atom is 0.273 e. The number of para-hydroxylation sites is 1. The number of aromatic amines is 1. The maximum atomic E-state index is 14.5. The third-order valence-corrected chi connectivity index (χ3v) is 5.55. The molecule has 164 valence electrons. The van der Waals surface area contributed by atoms with Gasteiger partial charge in [-0.3, -0.25) is 9.89 Å². The lowest BCUT2D eigenvalue weighted by Crippen LogP contribution is -2.50. The van der Waals surface area contributed by atoms with Crippen molar-refractivity contribution in [3.05, 3.63) is 70.3 Å². The molecule has 1 aliphatic rings. The molecule has 32 heavy (non-hydrogen) atoms. The van der Waals surface area contributed by atoms with Crippen LogP contribution in [0.5, 0.6) is 5.75 Å². The Bertz CT molecular complexity index is 1290. The Morgan fingerprint density at radius 1 is 1.19 bits per heavy atom. The second-order valence-corrected chi connectivity index (χ2v) is 7.82. The molecule has 0 bridgehead atoms. The molecule has 2 aromatic heterocycles. The van der Waals surface area contributed by atoms with E-state index in [0.717, 1.165) is 35.6 Å². The molecule has 1 saturated heterocycles. The van der Waals surface area contributed by atoms with Crippen LogP contribution in [0.1, 0.15) is 5.56 Å². The first-order valence-corrected chi connectivity index (χ1v) is 10.5. The van der Waals surface area contributed by atoms with E-state index in [1.807, 2.05) is 24.3 Å². The van der Waals surface area contributed by atoms with Crippen LogP contribution in [0.4, 0.5) is 4.39 Å². The van der Waals surface area contributed by atoms with E-state index in [-0.39, 0.29) is 11.7 Å². The van der Waals surface area contributed by atoms with E-state index in [1.54, 1.807) is 19.1 Å². The number of aryl methyl sites for hydroxylation is 1. The predicted octanol–water partition coefficient (Wildman–Crippen LogP) is 2.16. The number of nitrogens with one attached hydrogen (secondary N) is 3. The van der Waals surface area contributed by atoms with Crippen molar-refractivity contribution in [3.63, 3.8) is 0 Å². The number of halogens is 1. The van der Waals surface area contributed by atoms with Crippen molar-refractivity contribution in [3.8, 4) is 22.7 Å². The van der Waals surface area contributed by atoms with Crippen LogP contribution in [0.25, 0.3) is 28.0 Å². The monoisotopic (exact) mass is 434 g/mol. The molecule has 9 heteroatoms. The average molecular weight is 434 g/mol. The van der Waals surface area contributed by atoms with Crippen molar-refractivity contribution in [2.75, 3.05) is 26.2 Å². The molecule has 5 rings (SSSR count). The minimum Gasteiger partial charge on any atom is -0.492 e. The molecule has 0 saturated carbocycles. The summed E-state index contributed by atoms with van der Waals surface area (Å²) >= 11 is 0. The first-order chi connectivity index (χ1) is 15.6. The Morgan fingerprint density at radius 3 is 2.78 bits per heavy atom. The van der Waals surface area contributed by atoms with Crippen molar-refractivity contribution in [1.82, 2.24) is 30.6 Å². The van der Waals surface area contributed by atoms with E-state index in [9.17, 15) is 9.18 Å². The molecular formula is C23H23FN6O2. The third-order valence-electron chi connectivity index (χ3n) is 5.55. The number of benzene rings is 2. The standard InChI is InChI=1S/C23H23FN6O2/c1-14-3-2-4-18(24)23(14)30-20(31)11-19-22(29-30)21(28-27-19)15-5-7-17(8-6-15)32-13-16-12-25-9-10-26-16/h2-8,11,16,25-27H,9-10,12-13H2,1H3. The minimum atomic E-state index is -0.506. The summed E-state index contributed by atoms with van der Waals surface area (Å²) in [6.45, 7) is 5.11. The van der Waals surface area contributed by atoms with Gasteiger partial charge in [-0.15, -0.1) is 0 Å². The number of hydrogen-bond donors (Lipinski definition) is 3. The number of hydrogen-bond acceptors (Lipinski definition) is 6. The van der Waals surface area contributed by atoms with Crippen molar-refractivity contribution >= 4 is 11.0 Å². The van der Waals surface area contributed by atoms with Gasteiger partial charge >= 0.3 is 0 Å². The molecule has 4 aromatic rings. The number of rotatable bonds is 5. The van der Waals surface area contributed by atoms with E-state index in [1.165, 1.54) is 12.1 Å². The molecule has 3 N–H and O–H groups in total. The SMILES string of the molecule is Cc1cccc(F)c1-n1nc2c(-c3ccc(OCC4CNCCN4)cc3)n[nH]c2cc1=O. The lowest BCUT2D eigenvalue weighted by molar-refractivity contribution is 0.247. The third kappa shape index (κ3) is 3.88. The van der Waals surface area contributed by atoms with E-state index in [4.69, 9.17) is 4.74 Å². The number of fused-ring (bicyclic) bond motifs is 1. The van der Waals surface area contributed by atoms with E-state index in [0.29, 0.717) is 28.9 Å². The number of H-pyrrole nitrogens is 1. The van der Waals surface area contributed by atoms with E-state index in [2.05, 4.69) is 25.9 Å². The van der Waals surface area contributed by atoms with Gasteiger partial charge in [-0.2, -0.15) is 14.9 Å². The molecule has 0 aliphatic carbocycles. The Hall–Kier alpha value is -3.56. The van der Waals surface area contributed by atoms with Gasteiger partial charge in [0, 0.05) is 31.3 Å². The Labute approximate surface area is 183 Å². The molecule has 2 aromatic carbocycles. The van der Waals surface area contributed by atoms with Crippen LogP contribution < -0.4 is 20.9 Å². The van der Waals surface area contributed by atoms with Gasteiger partial charge in [-0.25, -0.2) is 4.39 Å². The molecule has 0 amide bonds. The van der Waals surface area contributed by atoms with Gasteiger partial charge in [0.2, 0.25) is 0 Å². The van der Waals surface area contributed by atoms with Gasteiger partial charge in [0.05, 0.1) is 11.6 Å². The fraction of sp³-hybridized carbons (Fsp3) is 0.261. The molecule has 1 fully saturated rings. The zero-order chi connectivity index (χ0) is 22.1. The predicted molar refractivity (Wildman–Crippen MR) is 120 cm³/mol. The molecule has 0 radical (unpaired) electrons. The average Bonchev–Trinajstić information content (AvgIpc) is 3.21. The maximum absolute atomic E-state index is 14.5. The lowest BCUT2D eigenvalue weighted by Gasteiger charge is -2.24. The summed E-state index contributed by atoms with van der Waals surface area (Å²) in [4.78, 5) is 12.6. The van der Waals surface area contributed by atoms with Crippen molar-refractivity contribution in [2.24, 2.45) is 0 Å². The first-order valence-electron chi connectivity index (χ1n) is 10.5. The molecule has 0 spiro atoms. The summed E-state index contributed by atoms with van der Waals surface area (Å²) in [5.74, 6) is 0.251. The van der Waals surface area contributed by atoms with Crippen molar-refractivity contribution in [1.29, 1.82) is 0 Å². The van der Waals surface area contributed by atoms with Crippen LogP contribution in [0.15, 0.2) is 53.3 Å². The van der Waals surface area contributed by atoms with Crippen molar-refractivity contribution < 1.29 is 9.13 Å². The first kappa shape index (κ1) is 20.3. The second-order valence-electron chi connectivity index (χ2n) is 7.82. The van der Waals surface area contributed by atoms with Gasteiger partial charge in [0.15, 0.2) is 0 Å². The summed E-state index contributed by atoms with van der Waals surface area (Å²) in [6.07, 6.45) is 0. The van der Waals surface area contributed by atoms with Crippen LogP contribution >= 0.6 is 0 Å².